The molecule has 7 nitrogen and oxygen atoms in total. The van der Waals surface area contributed by atoms with Gasteiger partial charge in [-0.05, 0) is 25.2 Å². The molecular weight excluding hydrogens is 464 g/mol. The van der Waals surface area contributed by atoms with Crippen molar-refractivity contribution in [3.05, 3.63) is 76.0 Å². The van der Waals surface area contributed by atoms with E-state index in [-0.39, 0.29) is 12.5 Å². The molecule has 3 heterocycles. The van der Waals surface area contributed by atoms with Crippen LogP contribution in [0, 0.1) is 11.7 Å². The van der Waals surface area contributed by atoms with E-state index in [2.05, 4.69) is 32.6 Å². The number of rotatable bonds is 6. The SMILES string of the molecule is Cc1cccc(-c2n[nH]c(=S)n2CC(=O)N2CCN(Cc3csc(-c4ccccc4)n3)CC2)c1. The number of piperazine rings is 1. The first-order chi connectivity index (χ1) is 16.6. The number of hydrogen-bond acceptors (Lipinski definition) is 6. The molecule has 0 radical (unpaired) electrons. The molecule has 5 rings (SSSR count). The predicted molar refractivity (Wildman–Crippen MR) is 137 cm³/mol. The van der Waals surface area contributed by atoms with E-state index in [1.807, 2.05) is 54.3 Å². The molecule has 9 heteroatoms. The maximum Gasteiger partial charge on any atom is 0.242 e. The number of aromatic nitrogens is 4. The van der Waals surface area contributed by atoms with Crippen molar-refractivity contribution in [3.63, 3.8) is 0 Å². The second-order valence-electron chi connectivity index (χ2n) is 8.47. The zero-order valence-electron chi connectivity index (χ0n) is 19.0. The summed E-state index contributed by atoms with van der Waals surface area (Å²) in [4.78, 5) is 22.2. The van der Waals surface area contributed by atoms with Gasteiger partial charge in [0.15, 0.2) is 10.6 Å². The van der Waals surface area contributed by atoms with Crippen LogP contribution in [0.3, 0.4) is 0 Å². The molecule has 2 aromatic carbocycles. The predicted octanol–water partition coefficient (Wildman–Crippen LogP) is 4.38. The van der Waals surface area contributed by atoms with Crippen LogP contribution in [0.5, 0.6) is 0 Å². The first-order valence-corrected chi connectivity index (χ1v) is 12.6. The minimum atomic E-state index is 0.0612. The summed E-state index contributed by atoms with van der Waals surface area (Å²) in [5.74, 6) is 0.754. The van der Waals surface area contributed by atoms with Gasteiger partial charge < -0.3 is 4.90 Å². The van der Waals surface area contributed by atoms with Gasteiger partial charge in [0.25, 0.3) is 0 Å². The Balaban J connectivity index is 1.19. The summed E-state index contributed by atoms with van der Waals surface area (Å²) in [6.45, 7) is 6.06. The van der Waals surface area contributed by atoms with Crippen molar-refractivity contribution in [1.82, 2.24) is 29.5 Å². The summed E-state index contributed by atoms with van der Waals surface area (Å²) in [7, 11) is 0. The van der Waals surface area contributed by atoms with Crippen molar-refractivity contribution < 1.29 is 4.79 Å². The van der Waals surface area contributed by atoms with Gasteiger partial charge in [-0.3, -0.25) is 19.4 Å². The standard InChI is InChI=1S/C25H26N6OS2/c1-18-6-5-9-20(14-18)23-27-28-25(33)31(23)16-22(32)30-12-10-29(11-13-30)15-21-17-34-24(26-21)19-7-3-2-4-8-19/h2-9,14,17H,10-13,15-16H2,1H3,(H,28,33). The molecule has 1 aliphatic heterocycles. The van der Waals surface area contributed by atoms with Gasteiger partial charge in [0.05, 0.1) is 5.69 Å². The van der Waals surface area contributed by atoms with Gasteiger partial charge in [0.1, 0.15) is 11.6 Å². The number of thiazole rings is 1. The fraction of sp³-hybridized carbons (Fsp3) is 0.280. The van der Waals surface area contributed by atoms with Crippen molar-refractivity contribution in [2.75, 3.05) is 26.2 Å². The average molecular weight is 491 g/mol. The monoisotopic (exact) mass is 490 g/mol. The van der Waals surface area contributed by atoms with Gasteiger partial charge in [0, 0.05) is 49.2 Å². The van der Waals surface area contributed by atoms with Gasteiger partial charge in [-0.25, -0.2) is 4.98 Å². The van der Waals surface area contributed by atoms with Crippen LogP contribution < -0.4 is 0 Å². The maximum absolute atomic E-state index is 13.1. The first kappa shape index (κ1) is 22.6. The number of amides is 1. The molecule has 0 spiro atoms. The third-order valence-electron chi connectivity index (χ3n) is 6.01. The van der Waals surface area contributed by atoms with E-state index in [1.54, 1.807) is 15.9 Å². The number of hydrogen-bond donors (Lipinski definition) is 1. The van der Waals surface area contributed by atoms with Crippen LogP contribution in [-0.2, 0) is 17.9 Å². The largest absolute Gasteiger partial charge is 0.339 e. The lowest BCUT2D eigenvalue weighted by Crippen LogP contribution is -2.49. The lowest BCUT2D eigenvalue weighted by atomic mass is 10.1. The van der Waals surface area contributed by atoms with Crippen LogP contribution in [0.2, 0.25) is 0 Å². The summed E-state index contributed by atoms with van der Waals surface area (Å²) >= 11 is 7.09. The quantitative estimate of drug-likeness (QED) is 0.406. The van der Waals surface area contributed by atoms with Crippen molar-refractivity contribution in [3.8, 4) is 22.0 Å². The average Bonchev–Trinajstić information content (AvgIpc) is 3.47. The van der Waals surface area contributed by atoms with E-state index < -0.39 is 0 Å². The lowest BCUT2D eigenvalue weighted by Gasteiger charge is -2.34. The van der Waals surface area contributed by atoms with Crippen molar-refractivity contribution >= 4 is 29.5 Å². The maximum atomic E-state index is 13.1. The van der Waals surface area contributed by atoms with E-state index in [0.717, 1.165) is 47.0 Å². The fourth-order valence-electron chi connectivity index (χ4n) is 4.18. The van der Waals surface area contributed by atoms with Gasteiger partial charge >= 0.3 is 0 Å². The normalized spacial score (nSPS) is 14.4. The third-order valence-corrected chi connectivity index (χ3v) is 7.26. The van der Waals surface area contributed by atoms with Crippen molar-refractivity contribution in [2.45, 2.75) is 20.0 Å². The second kappa shape index (κ2) is 10.0. The van der Waals surface area contributed by atoms with E-state index in [1.165, 1.54) is 0 Å². The summed E-state index contributed by atoms with van der Waals surface area (Å²) < 4.78 is 2.25. The van der Waals surface area contributed by atoms with E-state index in [0.29, 0.717) is 23.7 Å². The number of aromatic amines is 1. The number of nitrogens with zero attached hydrogens (tertiary/aromatic N) is 5. The van der Waals surface area contributed by atoms with Crippen molar-refractivity contribution in [1.29, 1.82) is 0 Å². The molecule has 0 aliphatic carbocycles. The number of nitrogens with one attached hydrogen (secondary N) is 1. The Morgan fingerprint density at radius 1 is 1.06 bits per heavy atom. The molecule has 2 aromatic heterocycles. The molecule has 1 amide bonds. The Kier molecular flexibility index (Phi) is 6.66. The van der Waals surface area contributed by atoms with Gasteiger partial charge in [-0.1, -0.05) is 54.1 Å². The third kappa shape index (κ3) is 5.01. The highest BCUT2D eigenvalue weighted by atomic mass is 32.1. The van der Waals surface area contributed by atoms with Crippen LogP contribution in [0.15, 0.2) is 60.0 Å². The Bertz CT molecular complexity index is 1330. The molecule has 34 heavy (non-hydrogen) atoms. The Hall–Kier alpha value is -3.14. The number of benzene rings is 2. The molecule has 0 atom stereocenters. The topological polar surface area (TPSA) is 70.1 Å². The molecule has 0 saturated carbocycles. The number of carbonyl (C=O) groups excluding carboxylic acids is 1. The Labute approximate surface area is 207 Å². The molecular formula is C25H26N6OS2. The molecule has 0 unspecified atom stereocenters. The zero-order valence-corrected chi connectivity index (χ0v) is 20.6. The van der Waals surface area contributed by atoms with Crippen LogP contribution in [-0.4, -0.2) is 61.6 Å². The highest BCUT2D eigenvalue weighted by Gasteiger charge is 2.23. The number of aryl methyl sites for hydroxylation is 1. The van der Waals surface area contributed by atoms with Crippen molar-refractivity contribution in [2.24, 2.45) is 0 Å². The van der Waals surface area contributed by atoms with Crippen LogP contribution in [0.25, 0.3) is 22.0 Å². The summed E-state index contributed by atoms with van der Waals surface area (Å²) in [6, 6.07) is 18.3. The minimum absolute atomic E-state index is 0.0612. The fourth-order valence-corrected chi connectivity index (χ4v) is 5.20. The zero-order chi connectivity index (χ0) is 23.5. The molecule has 4 aromatic rings. The molecule has 1 N–H and O–H groups in total. The Morgan fingerprint density at radius 2 is 1.82 bits per heavy atom. The van der Waals surface area contributed by atoms with Gasteiger partial charge in [-0.15, -0.1) is 11.3 Å². The lowest BCUT2D eigenvalue weighted by molar-refractivity contribution is -0.133. The van der Waals surface area contributed by atoms with Gasteiger partial charge in [0.2, 0.25) is 5.91 Å². The highest BCUT2D eigenvalue weighted by molar-refractivity contribution is 7.71. The Morgan fingerprint density at radius 3 is 2.59 bits per heavy atom. The summed E-state index contributed by atoms with van der Waals surface area (Å²) in [5, 5.41) is 10.4. The second-order valence-corrected chi connectivity index (χ2v) is 9.72. The van der Waals surface area contributed by atoms with Gasteiger partial charge in [-0.2, -0.15) is 5.10 Å². The first-order valence-electron chi connectivity index (χ1n) is 11.3. The molecule has 0 bridgehead atoms. The van der Waals surface area contributed by atoms with Crippen LogP contribution >= 0.6 is 23.6 Å². The molecule has 1 aliphatic rings. The molecule has 1 fully saturated rings. The summed E-state index contributed by atoms with van der Waals surface area (Å²) in [5.41, 5.74) is 4.31. The van der Waals surface area contributed by atoms with E-state index in [4.69, 9.17) is 17.2 Å². The van der Waals surface area contributed by atoms with E-state index >= 15 is 0 Å². The smallest absolute Gasteiger partial charge is 0.242 e. The molecule has 174 valence electrons. The number of H-pyrrole nitrogens is 1. The van der Waals surface area contributed by atoms with E-state index in [9.17, 15) is 4.79 Å². The van der Waals surface area contributed by atoms with Crippen LogP contribution in [0.1, 0.15) is 11.3 Å². The minimum Gasteiger partial charge on any atom is -0.339 e. The highest BCUT2D eigenvalue weighted by Crippen LogP contribution is 2.24. The molecule has 1 saturated heterocycles. The van der Waals surface area contributed by atoms with Crippen LogP contribution in [0.4, 0.5) is 0 Å². The summed E-state index contributed by atoms with van der Waals surface area (Å²) in [6.07, 6.45) is 0. The number of carbonyl (C=O) groups is 1.